The first-order valence-corrected chi connectivity index (χ1v) is 11.8. The average Bonchev–Trinajstić information content (AvgIpc) is 2.85. The third-order valence-corrected chi connectivity index (χ3v) is 7.46. The lowest BCUT2D eigenvalue weighted by molar-refractivity contribution is -0.120. The Morgan fingerprint density at radius 2 is 1.82 bits per heavy atom. The van der Waals surface area contributed by atoms with Crippen LogP contribution in [0.1, 0.15) is 18.4 Å². The summed E-state index contributed by atoms with van der Waals surface area (Å²) in [6.07, 6.45) is 0.811. The monoisotopic (exact) mass is 463 g/mol. The summed E-state index contributed by atoms with van der Waals surface area (Å²) in [4.78, 5) is 24.1. The molecule has 0 atom stereocenters. The van der Waals surface area contributed by atoms with Crippen LogP contribution in [-0.2, 0) is 14.8 Å². The van der Waals surface area contributed by atoms with Crippen molar-refractivity contribution in [2.75, 3.05) is 18.4 Å². The second-order valence-electron chi connectivity index (χ2n) is 7.69. The van der Waals surface area contributed by atoms with E-state index in [4.69, 9.17) is 5.26 Å². The average molecular weight is 464 g/mol. The maximum absolute atomic E-state index is 12.9. The molecule has 10 heteroatoms. The molecule has 0 radical (unpaired) electrons. The maximum atomic E-state index is 12.9. The normalized spacial score (nSPS) is 15.0. The molecule has 0 aliphatic carbocycles. The van der Waals surface area contributed by atoms with Crippen molar-refractivity contribution >= 4 is 21.6 Å². The van der Waals surface area contributed by atoms with Crippen LogP contribution in [0.25, 0.3) is 11.3 Å². The molecule has 33 heavy (non-hydrogen) atoms. The lowest BCUT2D eigenvalue weighted by Gasteiger charge is -2.30. The second kappa shape index (κ2) is 9.36. The molecule has 1 saturated heterocycles. The van der Waals surface area contributed by atoms with Crippen molar-refractivity contribution in [3.05, 3.63) is 76.6 Å². The number of nitrogens with one attached hydrogen (secondary N) is 2. The Balaban J connectivity index is 1.38. The number of nitrogens with zero attached hydrogens (tertiary/aromatic N) is 3. The van der Waals surface area contributed by atoms with E-state index in [1.807, 2.05) is 12.1 Å². The molecule has 1 amide bonds. The Labute approximate surface area is 190 Å². The summed E-state index contributed by atoms with van der Waals surface area (Å²) in [5.41, 5.74) is 2.01. The number of benzene rings is 2. The number of nitriles is 1. The molecule has 1 aliphatic heterocycles. The molecule has 0 spiro atoms. The van der Waals surface area contributed by atoms with Crippen LogP contribution in [0.15, 0.2) is 70.4 Å². The van der Waals surface area contributed by atoms with E-state index >= 15 is 0 Å². The summed E-state index contributed by atoms with van der Waals surface area (Å²) in [7, 11) is -3.67. The molecule has 0 bridgehead atoms. The molecule has 3 aromatic rings. The fraction of sp³-hybridized carbons (Fsp3) is 0.217. The summed E-state index contributed by atoms with van der Waals surface area (Å²) >= 11 is 0. The van der Waals surface area contributed by atoms with Gasteiger partial charge in [-0.3, -0.25) is 9.59 Å². The van der Waals surface area contributed by atoms with Gasteiger partial charge in [-0.15, -0.1) is 0 Å². The van der Waals surface area contributed by atoms with Crippen LogP contribution in [0.4, 0.5) is 5.69 Å². The second-order valence-corrected chi connectivity index (χ2v) is 9.63. The maximum Gasteiger partial charge on any atom is 0.264 e. The molecule has 4 rings (SSSR count). The number of aromatic nitrogens is 2. The Morgan fingerprint density at radius 1 is 1.09 bits per heavy atom. The highest BCUT2D eigenvalue weighted by molar-refractivity contribution is 7.89. The molecule has 168 valence electrons. The highest BCUT2D eigenvalue weighted by atomic mass is 32.2. The van der Waals surface area contributed by atoms with E-state index in [2.05, 4.69) is 15.5 Å². The van der Waals surface area contributed by atoms with Crippen molar-refractivity contribution in [2.45, 2.75) is 17.7 Å². The first kappa shape index (κ1) is 22.4. The van der Waals surface area contributed by atoms with Crippen LogP contribution in [-0.4, -0.2) is 41.9 Å². The molecule has 1 fully saturated rings. The van der Waals surface area contributed by atoms with Gasteiger partial charge in [-0.25, -0.2) is 13.5 Å². The molecule has 1 aromatic heterocycles. The van der Waals surface area contributed by atoms with Crippen LogP contribution in [0.3, 0.4) is 0 Å². The van der Waals surface area contributed by atoms with Gasteiger partial charge in [0, 0.05) is 36.3 Å². The minimum Gasteiger partial charge on any atom is -0.326 e. The van der Waals surface area contributed by atoms with Gasteiger partial charge >= 0.3 is 0 Å². The van der Waals surface area contributed by atoms with Gasteiger partial charge in [0.1, 0.15) is 0 Å². The molecule has 2 N–H and O–H groups in total. The molecule has 2 heterocycles. The van der Waals surface area contributed by atoms with E-state index < -0.39 is 10.0 Å². The van der Waals surface area contributed by atoms with E-state index in [0.717, 1.165) is 5.56 Å². The van der Waals surface area contributed by atoms with E-state index in [1.54, 1.807) is 24.3 Å². The van der Waals surface area contributed by atoms with Crippen molar-refractivity contribution in [3.63, 3.8) is 0 Å². The van der Waals surface area contributed by atoms with Crippen LogP contribution in [0, 0.1) is 17.2 Å². The predicted octanol–water partition coefficient (Wildman–Crippen LogP) is 2.35. The zero-order valence-electron chi connectivity index (χ0n) is 17.6. The number of sulfonamides is 1. The number of rotatable bonds is 5. The number of hydrogen-bond acceptors (Lipinski definition) is 6. The van der Waals surface area contributed by atoms with Crippen LogP contribution < -0.4 is 10.9 Å². The van der Waals surface area contributed by atoms with Crippen molar-refractivity contribution < 1.29 is 13.2 Å². The van der Waals surface area contributed by atoms with Gasteiger partial charge in [0.25, 0.3) is 5.56 Å². The van der Waals surface area contributed by atoms with E-state index in [1.165, 1.54) is 34.6 Å². The zero-order valence-corrected chi connectivity index (χ0v) is 18.4. The van der Waals surface area contributed by atoms with Crippen molar-refractivity contribution in [1.29, 1.82) is 5.26 Å². The number of carbonyl (C=O) groups excluding carboxylic acids is 1. The summed E-state index contributed by atoms with van der Waals surface area (Å²) < 4.78 is 27.1. The third-order valence-electron chi connectivity index (χ3n) is 5.55. The fourth-order valence-corrected chi connectivity index (χ4v) is 5.18. The van der Waals surface area contributed by atoms with Crippen molar-refractivity contribution in [1.82, 2.24) is 14.5 Å². The Hall–Kier alpha value is -3.81. The minimum atomic E-state index is -3.67. The number of aromatic amines is 1. The summed E-state index contributed by atoms with van der Waals surface area (Å²) in [5.74, 6) is -0.482. The molecule has 0 unspecified atom stereocenters. The van der Waals surface area contributed by atoms with E-state index in [0.29, 0.717) is 29.8 Å². The molecule has 2 aromatic carbocycles. The van der Waals surface area contributed by atoms with Gasteiger partial charge in [-0.1, -0.05) is 12.1 Å². The first-order valence-electron chi connectivity index (χ1n) is 10.3. The Bertz CT molecular complexity index is 1350. The summed E-state index contributed by atoms with van der Waals surface area (Å²) in [6.45, 7) is 0.476. The highest BCUT2D eigenvalue weighted by Crippen LogP contribution is 2.26. The zero-order chi connectivity index (χ0) is 23.4. The van der Waals surface area contributed by atoms with Crippen molar-refractivity contribution in [3.8, 4) is 17.3 Å². The Kier molecular flexibility index (Phi) is 6.35. The molecular formula is C23H21N5O4S. The van der Waals surface area contributed by atoms with Gasteiger partial charge in [0.2, 0.25) is 15.9 Å². The number of anilines is 1. The van der Waals surface area contributed by atoms with Crippen molar-refractivity contribution in [2.24, 2.45) is 5.92 Å². The quantitative estimate of drug-likeness (QED) is 0.596. The van der Waals surface area contributed by atoms with Gasteiger partial charge in [-0.2, -0.15) is 14.7 Å². The van der Waals surface area contributed by atoms with Crippen LogP contribution in [0.2, 0.25) is 0 Å². The summed E-state index contributed by atoms with van der Waals surface area (Å²) in [6, 6.07) is 17.9. The largest absolute Gasteiger partial charge is 0.326 e. The number of piperidine rings is 1. The van der Waals surface area contributed by atoms with E-state index in [9.17, 15) is 18.0 Å². The molecule has 1 aliphatic rings. The van der Waals surface area contributed by atoms with Gasteiger partial charge < -0.3 is 5.32 Å². The highest BCUT2D eigenvalue weighted by Gasteiger charge is 2.32. The predicted molar refractivity (Wildman–Crippen MR) is 122 cm³/mol. The van der Waals surface area contributed by atoms with Crippen LogP contribution in [0.5, 0.6) is 0 Å². The topological polar surface area (TPSA) is 136 Å². The lowest BCUT2D eigenvalue weighted by Crippen LogP contribution is -2.41. The minimum absolute atomic E-state index is 0.136. The first-order chi connectivity index (χ1) is 15.9. The summed E-state index contributed by atoms with van der Waals surface area (Å²) in [5, 5.41) is 18.2. The molecule has 0 saturated carbocycles. The van der Waals surface area contributed by atoms with E-state index in [-0.39, 0.29) is 35.4 Å². The lowest BCUT2D eigenvalue weighted by atomic mass is 9.97. The number of hydrogen-bond donors (Lipinski definition) is 2. The standard InChI is InChI=1S/C23H21N5O4S/c24-15-16-4-6-20(7-5-16)33(31,32)28-12-10-17(11-13-28)23(30)25-19-3-1-2-18(14-19)21-8-9-22(29)27-26-21/h1-9,14,17H,10-13H2,(H,25,30)(H,27,29). The fourth-order valence-electron chi connectivity index (χ4n) is 3.71. The van der Waals surface area contributed by atoms with Gasteiger partial charge in [0.05, 0.1) is 22.2 Å². The van der Waals surface area contributed by atoms with Crippen LogP contribution >= 0.6 is 0 Å². The number of carbonyl (C=O) groups is 1. The smallest absolute Gasteiger partial charge is 0.264 e. The SMILES string of the molecule is N#Cc1ccc(S(=O)(=O)N2CCC(C(=O)Nc3cccc(-c4ccc(=O)[nH]n4)c3)CC2)cc1. The number of amides is 1. The molecule has 9 nitrogen and oxygen atoms in total. The van der Waals surface area contributed by atoms with Gasteiger partial charge in [0.15, 0.2) is 0 Å². The molecular weight excluding hydrogens is 442 g/mol. The van der Waals surface area contributed by atoms with Gasteiger partial charge in [-0.05, 0) is 55.3 Å². The third kappa shape index (κ3) is 5.00. The Morgan fingerprint density at radius 3 is 2.45 bits per heavy atom. The number of H-pyrrole nitrogens is 1.